The van der Waals surface area contributed by atoms with E-state index in [0.29, 0.717) is 11.3 Å². The average Bonchev–Trinajstić information content (AvgIpc) is 2.37. The Kier molecular flexibility index (Phi) is 7.58. The largest absolute Gasteiger partial charge is 0.325 e. The number of nitrogens with two attached hydrogens (primary N) is 1. The van der Waals surface area contributed by atoms with E-state index in [1.54, 1.807) is 0 Å². The van der Waals surface area contributed by atoms with Gasteiger partial charge in [0, 0.05) is 5.54 Å². The highest BCUT2D eigenvalue weighted by molar-refractivity contribution is 4.98. The zero-order chi connectivity index (χ0) is 15.1. The van der Waals surface area contributed by atoms with Crippen molar-refractivity contribution in [2.45, 2.75) is 110 Å². The van der Waals surface area contributed by atoms with Gasteiger partial charge in [-0.25, -0.2) is 0 Å². The second kappa shape index (κ2) is 8.41. The van der Waals surface area contributed by atoms with E-state index in [1.807, 2.05) is 0 Å². The first-order chi connectivity index (χ1) is 9.40. The van der Waals surface area contributed by atoms with Crippen LogP contribution in [0.3, 0.4) is 0 Å². The van der Waals surface area contributed by atoms with Gasteiger partial charge in [-0.15, -0.1) is 0 Å². The second-order valence-electron chi connectivity index (χ2n) is 8.27. The number of unbranched alkanes of at least 4 members (excludes halogenated alkanes) is 6. The van der Waals surface area contributed by atoms with Crippen LogP contribution in [0.4, 0.5) is 0 Å². The summed E-state index contributed by atoms with van der Waals surface area (Å²) in [5.41, 5.74) is 7.35. The molecule has 2 N–H and O–H groups in total. The van der Waals surface area contributed by atoms with Gasteiger partial charge in [0.25, 0.3) is 0 Å². The van der Waals surface area contributed by atoms with E-state index in [2.05, 4.69) is 27.7 Å². The van der Waals surface area contributed by atoms with E-state index in [4.69, 9.17) is 5.73 Å². The van der Waals surface area contributed by atoms with Gasteiger partial charge in [0.1, 0.15) is 0 Å². The summed E-state index contributed by atoms with van der Waals surface area (Å²) >= 11 is 0. The summed E-state index contributed by atoms with van der Waals surface area (Å²) in [5, 5.41) is 0. The van der Waals surface area contributed by atoms with Crippen LogP contribution >= 0.6 is 0 Å². The van der Waals surface area contributed by atoms with Crippen LogP contribution in [0.5, 0.6) is 0 Å². The molecule has 2 unspecified atom stereocenters. The van der Waals surface area contributed by atoms with Crippen molar-refractivity contribution in [1.82, 2.24) is 0 Å². The summed E-state index contributed by atoms with van der Waals surface area (Å²) in [6, 6.07) is 0. The Morgan fingerprint density at radius 1 is 0.950 bits per heavy atom. The fourth-order valence-electron chi connectivity index (χ4n) is 4.27. The van der Waals surface area contributed by atoms with E-state index in [9.17, 15) is 0 Å². The molecular formula is C19H39N. The first-order valence-corrected chi connectivity index (χ1v) is 9.19. The molecule has 2 atom stereocenters. The van der Waals surface area contributed by atoms with E-state index in [-0.39, 0.29) is 5.54 Å². The summed E-state index contributed by atoms with van der Waals surface area (Å²) in [7, 11) is 0. The molecule has 1 fully saturated rings. The zero-order valence-electron chi connectivity index (χ0n) is 14.6. The van der Waals surface area contributed by atoms with Gasteiger partial charge in [0.15, 0.2) is 0 Å². The van der Waals surface area contributed by atoms with Gasteiger partial charge in [-0.3, -0.25) is 0 Å². The van der Waals surface area contributed by atoms with Gasteiger partial charge in [-0.2, -0.15) is 0 Å². The minimum absolute atomic E-state index is 0.125. The maximum atomic E-state index is 6.85. The van der Waals surface area contributed by atoms with Crippen LogP contribution in [0.2, 0.25) is 0 Å². The van der Waals surface area contributed by atoms with Crippen molar-refractivity contribution in [1.29, 1.82) is 0 Å². The molecule has 0 aromatic heterocycles. The van der Waals surface area contributed by atoms with Gasteiger partial charge < -0.3 is 5.73 Å². The minimum Gasteiger partial charge on any atom is -0.325 e. The third kappa shape index (κ3) is 5.76. The van der Waals surface area contributed by atoms with E-state index in [1.165, 1.54) is 77.0 Å². The Morgan fingerprint density at radius 3 is 2.15 bits per heavy atom. The zero-order valence-corrected chi connectivity index (χ0v) is 14.6. The van der Waals surface area contributed by atoms with Gasteiger partial charge in [0.05, 0.1) is 0 Å². The summed E-state index contributed by atoms with van der Waals surface area (Å²) < 4.78 is 0. The van der Waals surface area contributed by atoms with Crippen molar-refractivity contribution >= 4 is 0 Å². The molecule has 0 heterocycles. The van der Waals surface area contributed by atoms with Crippen LogP contribution in [0.15, 0.2) is 0 Å². The molecular weight excluding hydrogens is 242 g/mol. The lowest BCUT2D eigenvalue weighted by atomic mass is 9.61. The lowest BCUT2D eigenvalue weighted by Crippen LogP contribution is -2.53. The first kappa shape index (κ1) is 18.0. The topological polar surface area (TPSA) is 26.0 Å². The molecule has 1 saturated carbocycles. The number of hydrogen-bond acceptors (Lipinski definition) is 1. The molecule has 0 aromatic rings. The molecule has 120 valence electrons. The molecule has 0 saturated heterocycles. The van der Waals surface area contributed by atoms with Crippen molar-refractivity contribution in [2.75, 3.05) is 0 Å². The molecule has 0 amide bonds. The Bertz CT molecular complexity index is 253. The fourth-order valence-corrected chi connectivity index (χ4v) is 4.27. The van der Waals surface area contributed by atoms with Crippen LogP contribution in [0.1, 0.15) is 105 Å². The maximum Gasteiger partial charge on any atom is 0.0187 e. The molecule has 1 heteroatoms. The molecule has 1 nitrogen and oxygen atoms in total. The molecule has 1 aliphatic carbocycles. The Labute approximate surface area is 128 Å². The molecule has 20 heavy (non-hydrogen) atoms. The fraction of sp³-hybridized carbons (Fsp3) is 1.00. The minimum atomic E-state index is 0.125. The van der Waals surface area contributed by atoms with Crippen LogP contribution in [0.25, 0.3) is 0 Å². The van der Waals surface area contributed by atoms with Gasteiger partial charge in [-0.05, 0) is 30.6 Å². The van der Waals surface area contributed by atoms with Crippen molar-refractivity contribution in [3.05, 3.63) is 0 Å². The molecule has 1 aliphatic rings. The highest BCUT2D eigenvalue weighted by Crippen LogP contribution is 2.45. The smallest absolute Gasteiger partial charge is 0.0187 e. The lowest BCUT2D eigenvalue weighted by molar-refractivity contribution is 0.0710. The molecule has 0 aromatic carbocycles. The number of hydrogen-bond donors (Lipinski definition) is 1. The van der Waals surface area contributed by atoms with Crippen LogP contribution < -0.4 is 5.73 Å². The molecule has 0 radical (unpaired) electrons. The SMILES string of the molecule is CCCCCCCCCC1(N)CCCCC1C(C)(C)C. The Hall–Kier alpha value is -0.0400. The predicted molar refractivity (Wildman–Crippen MR) is 90.9 cm³/mol. The molecule has 0 aliphatic heterocycles. The standard InChI is InChI=1S/C19H39N/c1-5-6-7-8-9-10-12-15-19(20)16-13-11-14-17(19)18(2,3)4/h17H,5-16,20H2,1-4H3. The van der Waals surface area contributed by atoms with Gasteiger partial charge >= 0.3 is 0 Å². The van der Waals surface area contributed by atoms with Crippen molar-refractivity contribution < 1.29 is 0 Å². The third-order valence-electron chi connectivity index (χ3n) is 5.37. The van der Waals surface area contributed by atoms with Gasteiger partial charge in [0.2, 0.25) is 0 Å². The Balaban J connectivity index is 2.31. The van der Waals surface area contributed by atoms with E-state index >= 15 is 0 Å². The molecule has 0 spiro atoms. The van der Waals surface area contributed by atoms with E-state index < -0.39 is 0 Å². The summed E-state index contributed by atoms with van der Waals surface area (Å²) in [6.07, 6.45) is 16.3. The monoisotopic (exact) mass is 281 g/mol. The third-order valence-corrected chi connectivity index (χ3v) is 5.37. The van der Waals surface area contributed by atoms with Crippen LogP contribution in [-0.2, 0) is 0 Å². The summed E-state index contributed by atoms with van der Waals surface area (Å²) in [5.74, 6) is 0.712. The second-order valence-corrected chi connectivity index (χ2v) is 8.27. The quantitative estimate of drug-likeness (QED) is 0.538. The summed E-state index contributed by atoms with van der Waals surface area (Å²) in [4.78, 5) is 0. The first-order valence-electron chi connectivity index (χ1n) is 9.19. The van der Waals surface area contributed by atoms with Crippen molar-refractivity contribution in [3.8, 4) is 0 Å². The van der Waals surface area contributed by atoms with Crippen LogP contribution in [-0.4, -0.2) is 5.54 Å². The van der Waals surface area contributed by atoms with Crippen LogP contribution in [0, 0.1) is 11.3 Å². The normalized spacial score (nSPS) is 27.8. The predicted octanol–water partition coefficient (Wildman–Crippen LogP) is 6.06. The molecule has 0 bridgehead atoms. The average molecular weight is 282 g/mol. The highest BCUT2D eigenvalue weighted by Gasteiger charge is 2.42. The van der Waals surface area contributed by atoms with Crippen molar-refractivity contribution in [3.63, 3.8) is 0 Å². The number of rotatable bonds is 8. The van der Waals surface area contributed by atoms with Gasteiger partial charge in [-0.1, -0.05) is 85.5 Å². The lowest BCUT2D eigenvalue weighted by Gasteiger charge is -2.48. The van der Waals surface area contributed by atoms with Crippen molar-refractivity contribution in [2.24, 2.45) is 17.1 Å². The maximum absolute atomic E-state index is 6.85. The molecule has 1 rings (SSSR count). The summed E-state index contributed by atoms with van der Waals surface area (Å²) in [6.45, 7) is 9.44. The Morgan fingerprint density at radius 2 is 1.55 bits per heavy atom. The van der Waals surface area contributed by atoms with E-state index in [0.717, 1.165) is 0 Å². The highest BCUT2D eigenvalue weighted by atomic mass is 14.8.